The van der Waals surface area contributed by atoms with Crippen molar-refractivity contribution in [3.63, 3.8) is 0 Å². The van der Waals surface area contributed by atoms with Gasteiger partial charge in [0.05, 0.1) is 16.0 Å². The smallest absolute Gasteiger partial charge is 0.335 e. The van der Waals surface area contributed by atoms with Gasteiger partial charge in [0.1, 0.15) is 0 Å². The second-order valence-corrected chi connectivity index (χ2v) is 5.85. The van der Waals surface area contributed by atoms with Crippen molar-refractivity contribution in [1.82, 2.24) is 4.72 Å². The summed E-state index contributed by atoms with van der Waals surface area (Å²) in [6, 6.07) is 2.34. The third kappa shape index (κ3) is 3.76. The fourth-order valence-corrected chi connectivity index (χ4v) is 2.70. The van der Waals surface area contributed by atoms with Crippen molar-refractivity contribution in [3.8, 4) is 0 Å². The van der Waals surface area contributed by atoms with Gasteiger partial charge in [0.2, 0.25) is 10.0 Å². The van der Waals surface area contributed by atoms with E-state index < -0.39 is 44.0 Å². The van der Waals surface area contributed by atoms with Crippen molar-refractivity contribution in [2.24, 2.45) is 0 Å². The summed E-state index contributed by atoms with van der Waals surface area (Å²) in [7, 11) is -3.95. The van der Waals surface area contributed by atoms with Gasteiger partial charge in [0, 0.05) is 6.04 Å². The van der Waals surface area contributed by atoms with Gasteiger partial charge >= 0.3 is 11.9 Å². The molecule has 0 bridgehead atoms. The van der Waals surface area contributed by atoms with Crippen LogP contribution in [-0.4, -0.2) is 36.6 Å². The third-order valence-electron chi connectivity index (χ3n) is 2.10. The number of aromatic carboxylic acids is 2. The highest BCUT2D eigenvalue weighted by Gasteiger charge is 2.20. The zero-order valence-electron chi connectivity index (χ0n) is 10.2. The Morgan fingerprint density at radius 1 is 1.05 bits per heavy atom. The molecule has 0 unspecified atom stereocenters. The maximum absolute atomic E-state index is 11.9. The van der Waals surface area contributed by atoms with Crippen LogP contribution in [0, 0.1) is 0 Å². The maximum atomic E-state index is 11.9. The van der Waals surface area contributed by atoms with Crippen molar-refractivity contribution < 1.29 is 28.2 Å². The summed E-state index contributed by atoms with van der Waals surface area (Å²) in [5, 5.41) is 17.7. The molecular formula is C11H13NO6S. The molecule has 104 valence electrons. The van der Waals surface area contributed by atoms with Crippen LogP contribution >= 0.6 is 0 Å². The summed E-state index contributed by atoms with van der Waals surface area (Å²) < 4.78 is 26.0. The average molecular weight is 287 g/mol. The molecule has 0 saturated heterocycles. The lowest BCUT2D eigenvalue weighted by Gasteiger charge is -2.10. The van der Waals surface area contributed by atoms with E-state index in [2.05, 4.69) is 4.72 Å². The number of hydrogen-bond acceptors (Lipinski definition) is 4. The Hall–Kier alpha value is -1.93. The molecule has 0 aliphatic heterocycles. The van der Waals surface area contributed by atoms with Crippen molar-refractivity contribution >= 4 is 22.0 Å². The fourth-order valence-electron chi connectivity index (χ4n) is 1.38. The lowest BCUT2D eigenvalue weighted by molar-refractivity contribution is 0.0696. The molecule has 0 heterocycles. The van der Waals surface area contributed by atoms with Crippen LogP contribution in [0.4, 0.5) is 0 Å². The van der Waals surface area contributed by atoms with Crippen LogP contribution in [0.1, 0.15) is 34.6 Å². The van der Waals surface area contributed by atoms with E-state index in [1.165, 1.54) is 0 Å². The molecule has 1 rings (SSSR count). The van der Waals surface area contributed by atoms with Gasteiger partial charge in [-0.15, -0.1) is 0 Å². The minimum absolute atomic E-state index is 0.390. The van der Waals surface area contributed by atoms with Gasteiger partial charge in [-0.2, -0.15) is 0 Å². The largest absolute Gasteiger partial charge is 0.478 e. The van der Waals surface area contributed by atoms with E-state index in [-0.39, 0.29) is 0 Å². The third-order valence-corrected chi connectivity index (χ3v) is 3.74. The molecule has 0 aliphatic carbocycles. The summed E-state index contributed by atoms with van der Waals surface area (Å²) in [5.41, 5.74) is -0.798. The predicted molar refractivity (Wildman–Crippen MR) is 65.8 cm³/mol. The van der Waals surface area contributed by atoms with Crippen LogP contribution in [0.5, 0.6) is 0 Å². The number of carboxylic acids is 2. The quantitative estimate of drug-likeness (QED) is 0.735. The first-order valence-corrected chi connectivity index (χ1v) is 6.76. The Labute approximate surface area is 109 Å². The van der Waals surface area contributed by atoms with Gasteiger partial charge < -0.3 is 10.2 Å². The van der Waals surface area contributed by atoms with E-state index in [1.54, 1.807) is 13.8 Å². The lowest BCUT2D eigenvalue weighted by atomic mass is 10.1. The number of benzene rings is 1. The first-order chi connectivity index (χ1) is 8.63. The molecule has 0 radical (unpaired) electrons. The van der Waals surface area contributed by atoms with E-state index >= 15 is 0 Å². The van der Waals surface area contributed by atoms with Gasteiger partial charge in [-0.25, -0.2) is 22.7 Å². The highest BCUT2D eigenvalue weighted by atomic mass is 32.2. The van der Waals surface area contributed by atoms with Gasteiger partial charge in [0.25, 0.3) is 0 Å². The molecule has 8 heteroatoms. The monoisotopic (exact) mass is 287 g/mol. The summed E-state index contributed by atoms with van der Waals surface area (Å²) in [4.78, 5) is 21.3. The first kappa shape index (κ1) is 15.1. The topological polar surface area (TPSA) is 121 Å². The molecule has 0 amide bonds. The summed E-state index contributed by atoms with van der Waals surface area (Å²) in [6.07, 6.45) is 0. The molecular weight excluding hydrogens is 274 g/mol. The molecule has 7 nitrogen and oxygen atoms in total. The number of rotatable bonds is 5. The molecule has 1 aromatic rings. The van der Waals surface area contributed by atoms with Gasteiger partial charge in [0.15, 0.2) is 0 Å². The molecule has 0 spiro atoms. The number of sulfonamides is 1. The molecule has 3 N–H and O–H groups in total. The van der Waals surface area contributed by atoms with E-state index in [1.807, 2.05) is 0 Å². The highest BCUT2D eigenvalue weighted by molar-refractivity contribution is 7.89. The second-order valence-electron chi connectivity index (χ2n) is 4.13. The van der Waals surface area contributed by atoms with Crippen LogP contribution in [0.25, 0.3) is 0 Å². The zero-order valence-corrected chi connectivity index (χ0v) is 11.1. The Balaban J connectivity index is 3.43. The van der Waals surface area contributed by atoms with Gasteiger partial charge in [-0.05, 0) is 32.0 Å². The van der Waals surface area contributed by atoms with Crippen LogP contribution in [-0.2, 0) is 10.0 Å². The lowest BCUT2D eigenvalue weighted by Crippen LogP contribution is -2.30. The maximum Gasteiger partial charge on any atom is 0.335 e. The first-order valence-electron chi connectivity index (χ1n) is 5.27. The van der Waals surface area contributed by atoms with Crippen molar-refractivity contribution in [2.45, 2.75) is 24.8 Å². The highest BCUT2D eigenvalue weighted by Crippen LogP contribution is 2.16. The summed E-state index contributed by atoms with van der Waals surface area (Å²) in [6.45, 7) is 3.19. The van der Waals surface area contributed by atoms with Crippen LogP contribution < -0.4 is 4.72 Å². The van der Waals surface area contributed by atoms with E-state index in [0.29, 0.717) is 0 Å². The van der Waals surface area contributed by atoms with Crippen LogP contribution in [0.3, 0.4) is 0 Å². The number of hydrogen-bond donors (Lipinski definition) is 3. The molecule has 0 atom stereocenters. The van der Waals surface area contributed by atoms with Gasteiger partial charge in [-0.1, -0.05) is 0 Å². The predicted octanol–water partition coefficient (Wildman–Crippen LogP) is 0.770. The molecule has 0 aromatic heterocycles. The SMILES string of the molecule is CC(C)NS(=O)(=O)c1cc(C(=O)O)cc(C(=O)O)c1. The Morgan fingerprint density at radius 3 is 1.79 bits per heavy atom. The number of carboxylic acid groups (broad SMARTS) is 2. The molecule has 0 aliphatic rings. The second kappa shape index (κ2) is 5.37. The molecule has 0 fully saturated rings. The van der Waals surface area contributed by atoms with Crippen molar-refractivity contribution in [3.05, 3.63) is 29.3 Å². The van der Waals surface area contributed by atoms with E-state index in [9.17, 15) is 18.0 Å². The average Bonchev–Trinajstić information content (AvgIpc) is 2.26. The summed E-state index contributed by atoms with van der Waals surface area (Å²) >= 11 is 0. The number of nitrogens with one attached hydrogen (secondary N) is 1. The standard InChI is InChI=1S/C11H13NO6S/c1-6(2)12-19(17,18)9-4-7(10(13)14)3-8(5-9)11(15)16/h3-6,12H,1-2H3,(H,13,14)(H,15,16). The molecule has 19 heavy (non-hydrogen) atoms. The summed E-state index contributed by atoms with van der Waals surface area (Å²) in [5.74, 6) is -2.80. The number of carbonyl (C=O) groups is 2. The molecule has 0 saturated carbocycles. The van der Waals surface area contributed by atoms with E-state index in [0.717, 1.165) is 18.2 Å². The molecule has 1 aromatic carbocycles. The van der Waals surface area contributed by atoms with E-state index in [4.69, 9.17) is 10.2 Å². The van der Waals surface area contributed by atoms with Crippen molar-refractivity contribution in [2.75, 3.05) is 0 Å². The minimum atomic E-state index is -3.95. The van der Waals surface area contributed by atoms with Crippen LogP contribution in [0.15, 0.2) is 23.1 Å². The van der Waals surface area contributed by atoms with Gasteiger partial charge in [-0.3, -0.25) is 0 Å². The fraction of sp³-hybridized carbons (Fsp3) is 0.273. The zero-order chi connectivity index (χ0) is 14.8. The Kier molecular flexibility index (Phi) is 4.28. The van der Waals surface area contributed by atoms with Crippen LogP contribution in [0.2, 0.25) is 0 Å². The Bertz CT molecular complexity index is 588. The van der Waals surface area contributed by atoms with Crippen molar-refractivity contribution in [1.29, 1.82) is 0 Å². The normalized spacial score (nSPS) is 11.5. The Morgan fingerprint density at radius 2 is 1.47 bits per heavy atom. The minimum Gasteiger partial charge on any atom is -0.478 e.